The molecule has 0 aromatic heterocycles. The molecule has 176 valence electrons. The van der Waals surface area contributed by atoms with Crippen LogP contribution in [0.3, 0.4) is 0 Å². The number of nitrogens with zero attached hydrogens (tertiary/aromatic N) is 3. The zero-order valence-electron chi connectivity index (χ0n) is 19.8. The van der Waals surface area contributed by atoms with Gasteiger partial charge in [-0.15, -0.1) is 0 Å². The van der Waals surface area contributed by atoms with E-state index in [2.05, 4.69) is 36.1 Å². The molecular weight excluding hydrogens is 428 g/mol. The van der Waals surface area contributed by atoms with E-state index >= 15 is 0 Å². The summed E-state index contributed by atoms with van der Waals surface area (Å²) in [6, 6.07) is -0.840. The Labute approximate surface area is 181 Å². The fourth-order valence-electron chi connectivity index (χ4n) is 2.26. The predicted octanol–water partition coefficient (Wildman–Crippen LogP) is 4.19. The Kier molecular flexibility index (Phi) is 10.3. The van der Waals surface area contributed by atoms with Crippen molar-refractivity contribution in [3.8, 4) is 0 Å². The molecule has 1 N–H and O–H groups in total. The number of rotatable bonds is 10. The first kappa shape index (κ1) is 28.7. The lowest BCUT2D eigenvalue weighted by Crippen LogP contribution is -2.56. The van der Waals surface area contributed by atoms with Gasteiger partial charge in [0.25, 0.3) is 10.1 Å². The van der Waals surface area contributed by atoms with Gasteiger partial charge in [0, 0.05) is 11.5 Å². The summed E-state index contributed by atoms with van der Waals surface area (Å²) in [5.74, 6) is -0.321. The molecule has 0 aliphatic heterocycles. The van der Waals surface area contributed by atoms with E-state index in [4.69, 9.17) is 18.9 Å². The Morgan fingerprint density at radius 3 is 2.13 bits per heavy atom. The molecule has 0 saturated carbocycles. The van der Waals surface area contributed by atoms with Crippen LogP contribution in [0.1, 0.15) is 48.5 Å². The number of azide groups is 1. The Morgan fingerprint density at radius 1 is 1.20 bits per heavy atom. The fraction of sp³-hybridized carbons (Fsp3) is 0.944. The molecule has 0 saturated heterocycles. The van der Waals surface area contributed by atoms with Crippen LogP contribution >= 0.6 is 0 Å². The van der Waals surface area contributed by atoms with E-state index in [0.29, 0.717) is 0 Å². The van der Waals surface area contributed by atoms with Crippen LogP contribution in [0, 0.1) is 5.92 Å². The van der Waals surface area contributed by atoms with E-state index in [1.54, 1.807) is 20.8 Å². The minimum absolute atomic E-state index is 0.112. The lowest BCUT2D eigenvalue weighted by Gasteiger charge is -2.43. The van der Waals surface area contributed by atoms with Gasteiger partial charge >= 0.3 is 6.09 Å². The van der Waals surface area contributed by atoms with Crippen LogP contribution in [0.25, 0.3) is 10.4 Å². The van der Waals surface area contributed by atoms with Gasteiger partial charge in [-0.05, 0) is 50.4 Å². The first-order chi connectivity index (χ1) is 13.3. The number of ether oxygens (including phenoxy) is 1. The summed E-state index contributed by atoms with van der Waals surface area (Å²) in [6.45, 7) is 17.1. The third-order valence-electron chi connectivity index (χ3n) is 4.79. The zero-order valence-corrected chi connectivity index (χ0v) is 21.7. The summed E-state index contributed by atoms with van der Waals surface area (Å²) in [7, 11) is -6.09. The first-order valence-corrected chi connectivity index (χ1v) is 14.5. The third kappa shape index (κ3) is 11.2. The van der Waals surface area contributed by atoms with Crippen LogP contribution in [0.2, 0.25) is 18.1 Å². The Balaban J connectivity index is 6.00. The highest BCUT2D eigenvalue weighted by Gasteiger charge is 2.43. The maximum atomic E-state index is 12.4. The summed E-state index contributed by atoms with van der Waals surface area (Å²) in [5.41, 5.74) is 7.98. The SMILES string of the molecule is C[C@@H](CN=[N+]=[N-])[C@@H](O[Si](C)(C)C(C)(C)C)[C@@H](COS(C)(=O)=O)NC(=O)OC(C)(C)C. The number of carbonyl (C=O) groups excluding carboxylic acids is 1. The standard InChI is InChI=1S/C18H38N4O6SSi/c1-13(11-20-22-19)15(28-30(9,10)18(5,6)7)14(12-26-29(8,24)25)21-16(23)27-17(2,3)4/h13-15H,11-12H2,1-10H3,(H,21,23)/t13-,14+,15+/m0/s1. The van der Waals surface area contributed by atoms with Gasteiger partial charge in [0.05, 0.1) is 25.0 Å². The molecule has 0 rings (SSSR count). The van der Waals surface area contributed by atoms with Crippen molar-refractivity contribution >= 4 is 24.5 Å². The Bertz CT molecular complexity index is 724. The number of carbonyl (C=O) groups is 1. The van der Waals surface area contributed by atoms with Crippen molar-refractivity contribution < 1.29 is 26.6 Å². The summed E-state index contributed by atoms with van der Waals surface area (Å²) in [4.78, 5) is 15.2. The molecule has 30 heavy (non-hydrogen) atoms. The van der Waals surface area contributed by atoms with Crippen molar-refractivity contribution in [3.63, 3.8) is 0 Å². The van der Waals surface area contributed by atoms with Crippen LogP contribution in [0.5, 0.6) is 0 Å². The van der Waals surface area contributed by atoms with Gasteiger partial charge in [0.2, 0.25) is 0 Å². The van der Waals surface area contributed by atoms with E-state index in [9.17, 15) is 13.2 Å². The van der Waals surface area contributed by atoms with Crippen molar-refractivity contribution in [2.45, 2.75) is 84.3 Å². The largest absolute Gasteiger partial charge is 0.444 e. The van der Waals surface area contributed by atoms with Gasteiger partial charge in [-0.1, -0.05) is 32.8 Å². The van der Waals surface area contributed by atoms with Gasteiger partial charge in [-0.3, -0.25) is 4.18 Å². The first-order valence-electron chi connectivity index (χ1n) is 9.81. The Morgan fingerprint density at radius 2 is 1.73 bits per heavy atom. The summed E-state index contributed by atoms with van der Waals surface area (Å²) < 4.78 is 40.0. The van der Waals surface area contributed by atoms with Crippen molar-refractivity contribution in [2.75, 3.05) is 19.4 Å². The van der Waals surface area contributed by atoms with Crippen molar-refractivity contribution in [1.82, 2.24) is 5.32 Å². The van der Waals surface area contributed by atoms with E-state index in [-0.39, 0.29) is 24.1 Å². The molecule has 0 unspecified atom stereocenters. The second-order valence-corrected chi connectivity index (χ2v) is 16.4. The maximum Gasteiger partial charge on any atom is 0.408 e. The zero-order chi connectivity index (χ0) is 24.0. The normalized spacial score (nSPS) is 16.2. The van der Waals surface area contributed by atoms with Crippen LogP contribution in [-0.2, 0) is 23.5 Å². The van der Waals surface area contributed by atoms with E-state index in [1.165, 1.54) is 0 Å². The highest BCUT2D eigenvalue weighted by molar-refractivity contribution is 7.85. The van der Waals surface area contributed by atoms with Gasteiger partial charge < -0.3 is 14.5 Å². The molecule has 10 nitrogen and oxygen atoms in total. The molecule has 3 atom stereocenters. The molecule has 0 fully saturated rings. The number of hydrogen-bond acceptors (Lipinski definition) is 7. The molecule has 0 aromatic carbocycles. The summed E-state index contributed by atoms with van der Waals surface area (Å²) >= 11 is 0. The summed E-state index contributed by atoms with van der Waals surface area (Å²) in [5, 5.41) is 6.18. The van der Waals surface area contributed by atoms with Gasteiger partial charge in [-0.2, -0.15) is 8.42 Å². The molecule has 0 heterocycles. The minimum Gasteiger partial charge on any atom is -0.444 e. The maximum absolute atomic E-state index is 12.4. The smallest absolute Gasteiger partial charge is 0.408 e. The molecule has 0 aromatic rings. The number of amides is 1. The average molecular weight is 467 g/mol. The van der Waals surface area contributed by atoms with Gasteiger partial charge in [-0.25, -0.2) is 4.79 Å². The molecule has 12 heteroatoms. The number of alkyl carbamates (subject to hydrolysis) is 1. The van der Waals surface area contributed by atoms with E-state index in [1.807, 2.05) is 20.0 Å². The summed E-state index contributed by atoms with van der Waals surface area (Å²) in [6.07, 6.45) is -0.444. The fourth-order valence-corrected chi connectivity index (χ4v) is 4.08. The predicted molar refractivity (Wildman–Crippen MR) is 119 cm³/mol. The monoisotopic (exact) mass is 466 g/mol. The second kappa shape index (κ2) is 10.8. The van der Waals surface area contributed by atoms with E-state index in [0.717, 1.165) is 6.26 Å². The topological polar surface area (TPSA) is 140 Å². The molecule has 0 bridgehead atoms. The highest BCUT2D eigenvalue weighted by atomic mass is 32.2. The van der Waals surface area contributed by atoms with E-state index < -0.39 is 42.3 Å². The lowest BCUT2D eigenvalue weighted by molar-refractivity contribution is 0.0305. The van der Waals surface area contributed by atoms with Crippen LogP contribution in [0.4, 0.5) is 4.79 Å². The van der Waals surface area contributed by atoms with Crippen molar-refractivity contribution in [3.05, 3.63) is 10.4 Å². The Hall–Kier alpha value is -1.33. The van der Waals surface area contributed by atoms with Crippen LogP contribution in [0.15, 0.2) is 5.11 Å². The third-order valence-corrected chi connectivity index (χ3v) is 9.83. The quantitative estimate of drug-likeness (QED) is 0.168. The van der Waals surface area contributed by atoms with Crippen molar-refractivity contribution in [2.24, 2.45) is 11.0 Å². The molecule has 0 radical (unpaired) electrons. The second-order valence-electron chi connectivity index (χ2n) is 9.97. The highest BCUT2D eigenvalue weighted by Crippen LogP contribution is 2.38. The van der Waals surface area contributed by atoms with Gasteiger partial charge in [0.15, 0.2) is 8.32 Å². The van der Waals surface area contributed by atoms with Crippen LogP contribution < -0.4 is 5.32 Å². The van der Waals surface area contributed by atoms with Crippen LogP contribution in [-0.4, -0.2) is 60.0 Å². The molecule has 0 aliphatic carbocycles. The molecular formula is C18H38N4O6SSi. The molecule has 0 spiro atoms. The number of nitrogens with one attached hydrogen (secondary N) is 1. The van der Waals surface area contributed by atoms with Crippen molar-refractivity contribution in [1.29, 1.82) is 0 Å². The van der Waals surface area contributed by atoms with Gasteiger partial charge in [0.1, 0.15) is 5.60 Å². The number of hydrogen-bond donors (Lipinski definition) is 1. The lowest BCUT2D eigenvalue weighted by atomic mass is 9.98. The molecule has 0 aliphatic rings. The molecule has 1 amide bonds. The minimum atomic E-state index is -3.76. The average Bonchev–Trinajstić information content (AvgIpc) is 2.50.